The zero-order valence-corrected chi connectivity index (χ0v) is 17.5. The van der Waals surface area contributed by atoms with Crippen molar-refractivity contribution in [2.45, 2.75) is 33.2 Å². The number of nitrogens with zero attached hydrogens (tertiary/aromatic N) is 4. The number of benzene rings is 1. The van der Waals surface area contributed by atoms with Gasteiger partial charge in [0.2, 0.25) is 0 Å². The Hall–Kier alpha value is -3.35. The summed E-state index contributed by atoms with van der Waals surface area (Å²) in [5, 5.41) is 4.48. The maximum absolute atomic E-state index is 13.5. The molecule has 1 amide bonds. The molecule has 1 aromatic carbocycles. The van der Waals surface area contributed by atoms with Crippen LogP contribution in [0.15, 0.2) is 48.8 Å². The molecule has 0 saturated heterocycles. The zero-order valence-electron chi connectivity index (χ0n) is 17.5. The highest BCUT2D eigenvalue weighted by atomic mass is 16.6. The molecule has 156 valence electrons. The molecule has 3 heterocycles. The van der Waals surface area contributed by atoms with Gasteiger partial charge in [0.1, 0.15) is 13.2 Å². The summed E-state index contributed by atoms with van der Waals surface area (Å²) in [7, 11) is 0. The third-order valence-corrected chi connectivity index (χ3v) is 5.13. The first-order valence-electron chi connectivity index (χ1n) is 10.3. The predicted molar refractivity (Wildman–Crippen MR) is 113 cm³/mol. The minimum Gasteiger partial charge on any atom is -0.486 e. The molecule has 3 aromatic rings. The summed E-state index contributed by atoms with van der Waals surface area (Å²) in [5.41, 5.74) is 2.39. The molecule has 0 unspecified atom stereocenters. The molecule has 7 nitrogen and oxygen atoms in total. The Kier molecular flexibility index (Phi) is 5.70. The van der Waals surface area contributed by atoms with Crippen molar-refractivity contribution in [3.63, 3.8) is 0 Å². The van der Waals surface area contributed by atoms with Crippen LogP contribution in [0, 0.1) is 0 Å². The van der Waals surface area contributed by atoms with E-state index in [1.807, 2.05) is 43.3 Å². The van der Waals surface area contributed by atoms with Crippen molar-refractivity contribution in [3.8, 4) is 17.3 Å². The Balaban J connectivity index is 1.66. The Morgan fingerprint density at radius 1 is 1.17 bits per heavy atom. The van der Waals surface area contributed by atoms with Gasteiger partial charge in [0.05, 0.1) is 17.5 Å². The van der Waals surface area contributed by atoms with Crippen LogP contribution in [0.25, 0.3) is 5.82 Å². The van der Waals surface area contributed by atoms with E-state index in [0.717, 1.165) is 22.8 Å². The van der Waals surface area contributed by atoms with Crippen LogP contribution >= 0.6 is 0 Å². The first-order valence-corrected chi connectivity index (χ1v) is 10.3. The fraction of sp³-hybridized carbons (Fsp3) is 0.348. The van der Waals surface area contributed by atoms with Gasteiger partial charge in [-0.25, -0.2) is 9.67 Å². The van der Waals surface area contributed by atoms with Crippen molar-refractivity contribution >= 4 is 5.91 Å². The molecule has 30 heavy (non-hydrogen) atoms. The van der Waals surface area contributed by atoms with E-state index in [1.54, 1.807) is 22.0 Å². The maximum Gasteiger partial charge on any atom is 0.257 e. The van der Waals surface area contributed by atoms with Crippen molar-refractivity contribution in [1.82, 2.24) is 19.7 Å². The summed E-state index contributed by atoms with van der Waals surface area (Å²) in [6.07, 6.45) is 3.37. The minimum atomic E-state index is -0.0577. The van der Waals surface area contributed by atoms with Gasteiger partial charge in [-0.15, -0.1) is 0 Å². The molecule has 0 saturated carbocycles. The first-order chi connectivity index (χ1) is 14.6. The monoisotopic (exact) mass is 406 g/mol. The molecule has 0 radical (unpaired) electrons. The van der Waals surface area contributed by atoms with Gasteiger partial charge in [-0.3, -0.25) is 4.79 Å². The van der Waals surface area contributed by atoms with E-state index in [-0.39, 0.29) is 11.8 Å². The number of hydrogen-bond acceptors (Lipinski definition) is 5. The second-order valence-electron chi connectivity index (χ2n) is 7.46. The predicted octanol–water partition coefficient (Wildman–Crippen LogP) is 3.82. The van der Waals surface area contributed by atoms with Crippen molar-refractivity contribution in [1.29, 1.82) is 0 Å². The third-order valence-electron chi connectivity index (χ3n) is 5.13. The number of aromatic nitrogens is 3. The number of pyridine rings is 1. The van der Waals surface area contributed by atoms with Crippen LogP contribution in [0.2, 0.25) is 0 Å². The zero-order chi connectivity index (χ0) is 21.1. The normalized spacial score (nSPS) is 12.8. The Bertz CT molecular complexity index is 1030. The number of fused-ring (bicyclic) bond motifs is 1. The average molecular weight is 406 g/mol. The maximum atomic E-state index is 13.5. The fourth-order valence-corrected chi connectivity index (χ4v) is 3.70. The Morgan fingerprint density at radius 3 is 2.73 bits per heavy atom. The van der Waals surface area contributed by atoms with Gasteiger partial charge in [-0.05, 0) is 31.0 Å². The number of hydrogen-bond donors (Lipinski definition) is 0. The molecule has 0 atom stereocenters. The lowest BCUT2D eigenvalue weighted by atomic mass is 10.0. The van der Waals surface area contributed by atoms with Crippen LogP contribution in [-0.4, -0.2) is 45.3 Å². The minimum absolute atomic E-state index is 0.0577. The highest BCUT2D eigenvalue weighted by Crippen LogP contribution is 2.34. The SMILES string of the molecule is CCN(Cc1cccc2c1OCCO2)C(=O)c1cnn(-c2ccccn2)c1C(C)C. The van der Waals surface area contributed by atoms with E-state index in [9.17, 15) is 4.79 Å². The van der Waals surface area contributed by atoms with Crippen LogP contribution in [0.4, 0.5) is 0 Å². The molecule has 0 spiro atoms. The van der Waals surface area contributed by atoms with Crippen molar-refractivity contribution in [2.75, 3.05) is 19.8 Å². The number of carbonyl (C=O) groups is 1. The van der Waals surface area contributed by atoms with Gasteiger partial charge in [0.15, 0.2) is 17.3 Å². The topological polar surface area (TPSA) is 69.5 Å². The lowest BCUT2D eigenvalue weighted by Gasteiger charge is -2.25. The molecular formula is C23H26N4O3. The molecular weight excluding hydrogens is 380 g/mol. The summed E-state index contributed by atoms with van der Waals surface area (Å²) in [4.78, 5) is 19.7. The molecule has 0 fully saturated rings. The Morgan fingerprint density at radius 2 is 2.00 bits per heavy atom. The standard InChI is InChI=1S/C23H26N4O3/c1-4-26(15-17-8-7-9-19-22(17)30-13-12-29-19)23(28)18-14-25-27(21(18)16(2)3)20-10-5-6-11-24-20/h5-11,14,16H,4,12-13,15H2,1-3H3. The molecule has 0 N–H and O–H groups in total. The van der Waals surface area contributed by atoms with Gasteiger partial charge in [-0.2, -0.15) is 5.10 Å². The smallest absolute Gasteiger partial charge is 0.257 e. The molecule has 0 bridgehead atoms. The lowest BCUT2D eigenvalue weighted by Crippen LogP contribution is -2.31. The van der Waals surface area contributed by atoms with Crippen LogP contribution in [0.5, 0.6) is 11.5 Å². The van der Waals surface area contributed by atoms with Gasteiger partial charge in [0.25, 0.3) is 5.91 Å². The highest BCUT2D eigenvalue weighted by molar-refractivity contribution is 5.95. The van der Waals surface area contributed by atoms with E-state index < -0.39 is 0 Å². The van der Waals surface area contributed by atoms with Crippen LogP contribution in [-0.2, 0) is 6.54 Å². The molecule has 7 heteroatoms. The van der Waals surface area contributed by atoms with E-state index in [0.29, 0.717) is 37.7 Å². The largest absolute Gasteiger partial charge is 0.486 e. The highest BCUT2D eigenvalue weighted by Gasteiger charge is 2.26. The molecule has 1 aliphatic heterocycles. The third kappa shape index (κ3) is 3.75. The fourth-order valence-electron chi connectivity index (χ4n) is 3.70. The summed E-state index contributed by atoms with van der Waals surface area (Å²) >= 11 is 0. The van der Waals surface area contributed by atoms with Crippen LogP contribution in [0.3, 0.4) is 0 Å². The van der Waals surface area contributed by atoms with E-state index in [2.05, 4.69) is 23.9 Å². The summed E-state index contributed by atoms with van der Waals surface area (Å²) < 4.78 is 13.3. The van der Waals surface area contributed by atoms with Crippen molar-refractivity contribution < 1.29 is 14.3 Å². The van der Waals surface area contributed by atoms with Crippen LogP contribution in [0.1, 0.15) is 48.3 Å². The van der Waals surface area contributed by atoms with Gasteiger partial charge in [0, 0.05) is 24.8 Å². The molecule has 4 rings (SSSR count). The molecule has 0 aliphatic carbocycles. The summed E-state index contributed by atoms with van der Waals surface area (Å²) in [6.45, 7) is 8.15. The number of ether oxygens (including phenoxy) is 2. The average Bonchev–Trinajstić information content (AvgIpc) is 3.23. The second-order valence-corrected chi connectivity index (χ2v) is 7.46. The second kappa shape index (κ2) is 8.57. The quantitative estimate of drug-likeness (QED) is 0.622. The van der Waals surface area contributed by atoms with E-state index in [1.165, 1.54) is 0 Å². The number of carbonyl (C=O) groups excluding carboxylic acids is 1. The van der Waals surface area contributed by atoms with E-state index in [4.69, 9.17) is 9.47 Å². The lowest BCUT2D eigenvalue weighted by molar-refractivity contribution is 0.0747. The molecule has 2 aromatic heterocycles. The van der Waals surface area contributed by atoms with E-state index >= 15 is 0 Å². The van der Waals surface area contributed by atoms with Gasteiger partial charge >= 0.3 is 0 Å². The van der Waals surface area contributed by atoms with Gasteiger partial charge in [-0.1, -0.05) is 32.0 Å². The summed E-state index contributed by atoms with van der Waals surface area (Å²) in [6, 6.07) is 11.5. The summed E-state index contributed by atoms with van der Waals surface area (Å²) in [5.74, 6) is 2.20. The van der Waals surface area contributed by atoms with Crippen molar-refractivity contribution in [3.05, 3.63) is 65.6 Å². The first kappa shape index (κ1) is 19.9. The number of rotatable bonds is 6. The van der Waals surface area contributed by atoms with Gasteiger partial charge < -0.3 is 14.4 Å². The van der Waals surface area contributed by atoms with Crippen molar-refractivity contribution in [2.24, 2.45) is 0 Å². The Labute approximate surface area is 176 Å². The number of para-hydroxylation sites is 1. The molecule has 1 aliphatic rings. The van der Waals surface area contributed by atoms with Crippen LogP contribution < -0.4 is 9.47 Å². The number of amides is 1.